The van der Waals surface area contributed by atoms with Gasteiger partial charge >= 0.3 is 5.97 Å². The lowest BCUT2D eigenvalue weighted by molar-refractivity contribution is -0.149. The summed E-state index contributed by atoms with van der Waals surface area (Å²) in [4.78, 5) is 29.4. The van der Waals surface area contributed by atoms with Gasteiger partial charge in [0.1, 0.15) is 5.69 Å². The van der Waals surface area contributed by atoms with E-state index in [2.05, 4.69) is 4.98 Å². The van der Waals surface area contributed by atoms with Crippen molar-refractivity contribution in [2.45, 2.75) is 19.8 Å². The number of likely N-dealkylation sites (tertiary alicyclic amines) is 1. The molecule has 1 aromatic heterocycles. The second-order valence-electron chi connectivity index (χ2n) is 5.76. The highest BCUT2D eigenvalue weighted by Crippen LogP contribution is 2.23. The summed E-state index contributed by atoms with van der Waals surface area (Å²) < 4.78 is 5.08. The van der Waals surface area contributed by atoms with Crippen LogP contribution in [0.1, 0.15) is 30.3 Å². The van der Waals surface area contributed by atoms with Crippen molar-refractivity contribution in [2.24, 2.45) is 5.92 Å². The van der Waals surface area contributed by atoms with Gasteiger partial charge in [0.15, 0.2) is 0 Å². The van der Waals surface area contributed by atoms with Crippen molar-refractivity contribution in [3.8, 4) is 0 Å². The van der Waals surface area contributed by atoms with E-state index in [1.807, 2.05) is 12.1 Å². The van der Waals surface area contributed by atoms with Crippen LogP contribution in [0.15, 0.2) is 24.3 Å². The average Bonchev–Trinajstić information content (AvgIpc) is 2.97. The van der Waals surface area contributed by atoms with E-state index in [0.29, 0.717) is 30.4 Å². The molecule has 2 aromatic rings. The number of hydrogen-bond donors (Lipinski definition) is 1. The van der Waals surface area contributed by atoms with Crippen LogP contribution in [0.5, 0.6) is 0 Å². The fourth-order valence-corrected chi connectivity index (χ4v) is 3.18. The molecule has 0 spiro atoms. The maximum Gasteiger partial charge on any atom is 0.310 e. The molecule has 6 heteroatoms. The van der Waals surface area contributed by atoms with E-state index in [1.165, 1.54) is 0 Å². The van der Waals surface area contributed by atoms with Crippen molar-refractivity contribution in [3.05, 3.63) is 35.0 Å². The molecular weight excluding hydrogens is 316 g/mol. The number of esters is 1. The minimum absolute atomic E-state index is 0.0914. The summed E-state index contributed by atoms with van der Waals surface area (Å²) in [6.45, 7) is 3.23. The number of halogens is 1. The lowest BCUT2D eigenvalue weighted by Gasteiger charge is -2.31. The van der Waals surface area contributed by atoms with Crippen molar-refractivity contribution in [1.82, 2.24) is 9.88 Å². The third-order valence-corrected chi connectivity index (χ3v) is 4.38. The van der Waals surface area contributed by atoms with Gasteiger partial charge in [-0.15, -0.1) is 0 Å². The Balaban J connectivity index is 1.77. The molecule has 2 heterocycles. The standard InChI is InChI=1S/C17H19ClN2O3/c1-2-23-17(22)11-4-3-7-20(10-11)16(21)15-9-12-8-13(18)5-6-14(12)19-15/h5-6,8-9,11,19H,2-4,7,10H2,1H3/t11-/m1/s1. The van der Waals surface area contributed by atoms with E-state index in [9.17, 15) is 9.59 Å². The van der Waals surface area contributed by atoms with Gasteiger partial charge in [-0.25, -0.2) is 0 Å². The zero-order valence-corrected chi connectivity index (χ0v) is 13.7. The number of hydrogen-bond acceptors (Lipinski definition) is 3. The topological polar surface area (TPSA) is 62.4 Å². The van der Waals surface area contributed by atoms with Crippen molar-refractivity contribution in [3.63, 3.8) is 0 Å². The summed E-state index contributed by atoms with van der Waals surface area (Å²) in [5.41, 5.74) is 1.39. The van der Waals surface area contributed by atoms with Crippen LogP contribution >= 0.6 is 11.6 Å². The number of benzene rings is 1. The van der Waals surface area contributed by atoms with Crippen LogP contribution in [0.2, 0.25) is 5.02 Å². The van der Waals surface area contributed by atoms with E-state index in [-0.39, 0.29) is 17.8 Å². The molecule has 23 heavy (non-hydrogen) atoms. The highest BCUT2D eigenvalue weighted by Gasteiger charge is 2.30. The first kappa shape index (κ1) is 15.9. The molecule has 1 amide bonds. The van der Waals surface area contributed by atoms with Gasteiger partial charge < -0.3 is 14.6 Å². The lowest BCUT2D eigenvalue weighted by Crippen LogP contribution is -2.42. The van der Waals surface area contributed by atoms with Crippen molar-refractivity contribution in [1.29, 1.82) is 0 Å². The fraction of sp³-hybridized carbons (Fsp3) is 0.412. The molecule has 0 unspecified atom stereocenters. The normalized spacial score (nSPS) is 18.2. The number of carbonyl (C=O) groups is 2. The highest BCUT2D eigenvalue weighted by molar-refractivity contribution is 6.31. The number of H-pyrrole nitrogens is 1. The Morgan fingerprint density at radius 2 is 2.22 bits per heavy atom. The molecule has 3 rings (SSSR count). The van der Waals surface area contributed by atoms with E-state index in [4.69, 9.17) is 16.3 Å². The van der Waals surface area contributed by atoms with E-state index in [1.54, 1.807) is 24.0 Å². The Labute approximate surface area is 139 Å². The number of carbonyl (C=O) groups excluding carboxylic acids is 2. The number of amides is 1. The predicted molar refractivity (Wildman–Crippen MR) is 88.6 cm³/mol. The quantitative estimate of drug-likeness (QED) is 0.876. The summed E-state index contributed by atoms with van der Waals surface area (Å²) in [5, 5.41) is 1.54. The number of ether oxygens (including phenoxy) is 1. The molecule has 1 saturated heterocycles. The Morgan fingerprint density at radius 3 is 3.00 bits per heavy atom. The van der Waals surface area contributed by atoms with Crippen LogP contribution in [0.4, 0.5) is 0 Å². The van der Waals surface area contributed by atoms with Gasteiger partial charge in [-0.2, -0.15) is 0 Å². The summed E-state index contributed by atoms with van der Waals surface area (Å²) >= 11 is 5.98. The van der Waals surface area contributed by atoms with Crippen molar-refractivity contribution in [2.75, 3.05) is 19.7 Å². The smallest absolute Gasteiger partial charge is 0.310 e. The molecule has 1 aromatic carbocycles. The first-order valence-electron chi connectivity index (χ1n) is 7.82. The molecule has 122 valence electrons. The molecule has 1 N–H and O–H groups in total. The highest BCUT2D eigenvalue weighted by atomic mass is 35.5. The maximum atomic E-state index is 12.7. The number of nitrogens with zero attached hydrogens (tertiary/aromatic N) is 1. The molecule has 1 aliphatic rings. The zero-order valence-electron chi connectivity index (χ0n) is 13.0. The molecule has 5 nitrogen and oxygen atoms in total. The summed E-state index contributed by atoms with van der Waals surface area (Å²) in [6.07, 6.45) is 1.58. The number of fused-ring (bicyclic) bond motifs is 1. The van der Waals surface area contributed by atoms with Crippen LogP contribution in [-0.2, 0) is 9.53 Å². The van der Waals surface area contributed by atoms with Crippen LogP contribution in [0.25, 0.3) is 10.9 Å². The van der Waals surface area contributed by atoms with E-state index < -0.39 is 0 Å². The van der Waals surface area contributed by atoms with Crippen molar-refractivity contribution < 1.29 is 14.3 Å². The van der Waals surface area contributed by atoms with Crippen LogP contribution < -0.4 is 0 Å². The van der Waals surface area contributed by atoms with Gasteiger partial charge in [0.25, 0.3) is 5.91 Å². The molecule has 1 aliphatic heterocycles. The minimum Gasteiger partial charge on any atom is -0.466 e. The van der Waals surface area contributed by atoms with Gasteiger partial charge in [-0.05, 0) is 44.0 Å². The molecule has 0 aliphatic carbocycles. The van der Waals surface area contributed by atoms with Crippen LogP contribution in [0, 0.1) is 5.92 Å². The first-order chi connectivity index (χ1) is 11.1. The van der Waals surface area contributed by atoms with Gasteiger partial charge in [-0.3, -0.25) is 9.59 Å². The second-order valence-corrected chi connectivity index (χ2v) is 6.19. The summed E-state index contributed by atoms with van der Waals surface area (Å²) in [5.74, 6) is -0.536. The van der Waals surface area contributed by atoms with Crippen LogP contribution in [-0.4, -0.2) is 41.5 Å². The Hall–Kier alpha value is -2.01. The first-order valence-corrected chi connectivity index (χ1v) is 8.20. The number of aromatic amines is 1. The SMILES string of the molecule is CCOC(=O)[C@@H]1CCCN(C(=O)c2cc3cc(Cl)ccc3[nH]2)C1. The Morgan fingerprint density at radius 1 is 1.39 bits per heavy atom. The van der Waals surface area contributed by atoms with Gasteiger partial charge in [0.05, 0.1) is 12.5 Å². The van der Waals surface area contributed by atoms with E-state index >= 15 is 0 Å². The Bertz CT molecular complexity index is 741. The fourth-order valence-electron chi connectivity index (χ4n) is 3.00. The number of rotatable bonds is 3. The Kier molecular flexibility index (Phi) is 4.57. The van der Waals surface area contributed by atoms with Crippen molar-refractivity contribution >= 4 is 34.4 Å². The molecule has 1 atom stereocenters. The molecular formula is C17H19ClN2O3. The average molecular weight is 335 g/mol. The maximum absolute atomic E-state index is 12.7. The lowest BCUT2D eigenvalue weighted by atomic mass is 9.98. The molecule has 0 saturated carbocycles. The largest absolute Gasteiger partial charge is 0.466 e. The molecule has 0 bridgehead atoms. The number of piperidine rings is 1. The third kappa shape index (κ3) is 3.34. The molecule has 0 radical (unpaired) electrons. The number of nitrogens with one attached hydrogen (secondary N) is 1. The molecule has 1 fully saturated rings. The van der Waals surface area contributed by atoms with Gasteiger partial charge in [0, 0.05) is 29.0 Å². The minimum atomic E-state index is -0.230. The predicted octanol–water partition coefficient (Wildman–Crippen LogP) is 3.24. The van der Waals surface area contributed by atoms with E-state index in [0.717, 1.165) is 23.7 Å². The van der Waals surface area contributed by atoms with Crippen LogP contribution in [0.3, 0.4) is 0 Å². The number of aromatic nitrogens is 1. The third-order valence-electron chi connectivity index (χ3n) is 4.14. The monoisotopic (exact) mass is 334 g/mol. The summed E-state index contributed by atoms with van der Waals surface area (Å²) in [7, 11) is 0. The second kappa shape index (κ2) is 6.62. The summed E-state index contributed by atoms with van der Waals surface area (Å²) in [6, 6.07) is 7.26. The van der Waals surface area contributed by atoms with Gasteiger partial charge in [-0.1, -0.05) is 11.6 Å². The zero-order chi connectivity index (χ0) is 16.4. The van der Waals surface area contributed by atoms with Gasteiger partial charge in [0.2, 0.25) is 0 Å².